The maximum atomic E-state index is 12.3. The molecule has 0 bridgehead atoms. The minimum Gasteiger partial charge on any atom is -0.462 e. The molecule has 1 unspecified atom stereocenters. The summed E-state index contributed by atoms with van der Waals surface area (Å²) in [6.07, 6.45) is -0.00432. The Hall–Kier alpha value is -2.97. The van der Waals surface area contributed by atoms with Gasteiger partial charge >= 0.3 is 17.8 Å². The largest absolute Gasteiger partial charge is 0.462 e. The molecule has 0 radical (unpaired) electrons. The third-order valence-corrected chi connectivity index (χ3v) is 2.95. The van der Waals surface area contributed by atoms with Crippen LogP contribution in [0.25, 0.3) is 0 Å². The predicted octanol–water partition coefficient (Wildman–Crippen LogP) is 1.14. The third kappa shape index (κ3) is 6.58. The highest BCUT2D eigenvalue weighted by molar-refractivity contribution is 6.32. The fourth-order valence-corrected chi connectivity index (χ4v) is 1.87. The lowest BCUT2D eigenvalue weighted by Gasteiger charge is -2.24. The second-order valence-corrected chi connectivity index (χ2v) is 6.18. The summed E-state index contributed by atoms with van der Waals surface area (Å²) in [5, 5.41) is 12.9. The Morgan fingerprint density at radius 1 is 1.20 bits per heavy atom. The van der Waals surface area contributed by atoms with E-state index in [1.54, 1.807) is 20.8 Å². The van der Waals surface area contributed by atoms with Gasteiger partial charge in [0.2, 0.25) is 0 Å². The zero-order chi connectivity index (χ0) is 19.2. The van der Waals surface area contributed by atoms with Crippen molar-refractivity contribution in [2.45, 2.75) is 38.8 Å². The molecule has 0 heterocycles. The van der Waals surface area contributed by atoms with Crippen molar-refractivity contribution in [2.24, 2.45) is 0 Å². The molecule has 9 heteroatoms. The molecule has 0 saturated heterocycles. The molecular formula is C16H20N2O7. The molecule has 0 fully saturated rings. The van der Waals surface area contributed by atoms with Crippen LogP contribution in [0.4, 0.5) is 5.69 Å². The second-order valence-electron chi connectivity index (χ2n) is 6.18. The highest BCUT2D eigenvalue weighted by Gasteiger charge is 2.29. The van der Waals surface area contributed by atoms with Crippen LogP contribution in [0.3, 0.4) is 0 Å². The summed E-state index contributed by atoms with van der Waals surface area (Å²) in [5.74, 6) is -2.96. The molecule has 136 valence electrons. The topological polar surface area (TPSA) is 125 Å². The number of carbonyl (C=O) groups is 3. The molecule has 1 amide bonds. The van der Waals surface area contributed by atoms with Crippen molar-refractivity contribution >= 4 is 23.5 Å². The monoisotopic (exact) mass is 352 g/mol. The van der Waals surface area contributed by atoms with Gasteiger partial charge in [-0.15, -0.1) is 0 Å². The van der Waals surface area contributed by atoms with E-state index in [1.165, 1.54) is 24.3 Å². The van der Waals surface area contributed by atoms with E-state index in [4.69, 9.17) is 4.74 Å². The maximum absolute atomic E-state index is 12.3. The van der Waals surface area contributed by atoms with Gasteiger partial charge in [0.1, 0.15) is 11.6 Å². The Kier molecular flexibility index (Phi) is 6.60. The molecule has 0 spiro atoms. The molecule has 9 nitrogen and oxygen atoms in total. The van der Waals surface area contributed by atoms with Crippen molar-refractivity contribution in [2.75, 3.05) is 7.11 Å². The number of nitro benzene ring substituents is 1. The molecule has 1 N–H and O–H groups in total. The van der Waals surface area contributed by atoms with Gasteiger partial charge in [-0.3, -0.25) is 14.9 Å². The van der Waals surface area contributed by atoms with Crippen LogP contribution in [0.15, 0.2) is 24.3 Å². The molecule has 0 aromatic heterocycles. The van der Waals surface area contributed by atoms with E-state index in [2.05, 4.69) is 10.1 Å². The molecule has 1 aromatic carbocycles. The number of nitro groups is 1. The van der Waals surface area contributed by atoms with Gasteiger partial charge in [-0.25, -0.2) is 9.59 Å². The number of non-ortho nitro benzene ring substituents is 1. The molecule has 25 heavy (non-hydrogen) atoms. The number of nitrogens with one attached hydrogen (secondary N) is 1. The summed E-state index contributed by atoms with van der Waals surface area (Å²) in [6, 6.07) is 4.33. The Morgan fingerprint density at radius 3 is 2.20 bits per heavy atom. The number of methoxy groups -OCH3 is 1. The standard InChI is InChI=1S/C16H20N2O7/c1-16(2,3)25-14(20)12(17-13(19)15(21)24-4)9-10-5-7-11(8-6-10)18(22)23/h5-8,12H,9H2,1-4H3,(H,17,19). The van der Waals surface area contributed by atoms with Crippen molar-refractivity contribution in [3.8, 4) is 0 Å². The first kappa shape index (κ1) is 20.1. The number of benzene rings is 1. The molecule has 1 atom stereocenters. The molecule has 1 aromatic rings. The summed E-state index contributed by atoms with van der Waals surface area (Å²) < 4.78 is 9.54. The first-order chi connectivity index (χ1) is 11.5. The van der Waals surface area contributed by atoms with Crippen LogP contribution in [-0.4, -0.2) is 41.5 Å². The zero-order valence-electron chi connectivity index (χ0n) is 14.4. The Labute approximate surface area is 144 Å². The lowest BCUT2D eigenvalue weighted by Crippen LogP contribution is -2.48. The SMILES string of the molecule is COC(=O)C(=O)NC(Cc1ccc([N+](=O)[O-])cc1)C(=O)OC(C)(C)C. The summed E-state index contributed by atoms with van der Waals surface area (Å²) in [7, 11) is 1.04. The maximum Gasteiger partial charge on any atom is 0.396 e. The van der Waals surface area contributed by atoms with Gasteiger partial charge in [0.05, 0.1) is 12.0 Å². The van der Waals surface area contributed by atoms with Crippen molar-refractivity contribution in [1.29, 1.82) is 0 Å². The minimum atomic E-state index is -1.15. The normalized spacial score (nSPS) is 12.0. The predicted molar refractivity (Wildman–Crippen MR) is 86.6 cm³/mol. The molecule has 1 rings (SSSR count). The molecule has 0 saturated carbocycles. The lowest BCUT2D eigenvalue weighted by atomic mass is 10.0. The van der Waals surface area contributed by atoms with Crippen LogP contribution in [0.5, 0.6) is 0 Å². The van der Waals surface area contributed by atoms with Crippen LogP contribution in [0.1, 0.15) is 26.3 Å². The van der Waals surface area contributed by atoms with Gasteiger partial charge in [-0.1, -0.05) is 12.1 Å². The smallest absolute Gasteiger partial charge is 0.396 e. The highest BCUT2D eigenvalue weighted by Crippen LogP contribution is 2.15. The lowest BCUT2D eigenvalue weighted by molar-refractivity contribution is -0.384. The number of nitrogens with zero attached hydrogens (tertiary/aromatic N) is 1. The van der Waals surface area contributed by atoms with Crippen LogP contribution >= 0.6 is 0 Å². The number of hydrogen-bond acceptors (Lipinski definition) is 7. The van der Waals surface area contributed by atoms with Crippen LogP contribution in [0.2, 0.25) is 0 Å². The van der Waals surface area contributed by atoms with Gasteiger partial charge in [0, 0.05) is 18.6 Å². The number of hydrogen-bond donors (Lipinski definition) is 1. The van der Waals surface area contributed by atoms with Gasteiger partial charge in [0.15, 0.2) is 0 Å². The number of esters is 2. The van der Waals surface area contributed by atoms with Gasteiger partial charge < -0.3 is 14.8 Å². The molecular weight excluding hydrogens is 332 g/mol. The van der Waals surface area contributed by atoms with E-state index in [0.717, 1.165) is 7.11 Å². The summed E-state index contributed by atoms with van der Waals surface area (Å²) >= 11 is 0. The van der Waals surface area contributed by atoms with Gasteiger partial charge in [0.25, 0.3) is 5.69 Å². The summed E-state index contributed by atoms with van der Waals surface area (Å²) in [6.45, 7) is 4.99. The van der Waals surface area contributed by atoms with Crippen LogP contribution in [0, 0.1) is 10.1 Å². The number of amides is 1. The quantitative estimate of drug-likeness (QED) is 0.364. The average molecular weight is 352 g/mol. The summed E-state index contributed by atoms with van der Waals surface area (Å²) in [5.41, 5.74) is -0.344. The first-order valence-electron chi connectivity index (χ1n) is 7.38. The van der Waals surface area contributed by atoms with E-state index in [0.29, 0.717) is 5.56 Å². The number of carbonyl (C=O) groups excluding carboxylic acids is 3. The van der Waals surface area contributed by atoms with Crippen molar-refractivity contribution in [3.05, 3.63) is 39.9 Å². The third-order valence-electron chi connectivity index (χ3n) is 2.95. The molecule has 0 aliphatic rings. The summed E-state index contributed by atoms with van der Waals surface area (Å²) in [4.78, 5) is 45.4. The second kappa shape index (κ2) is 8.22. The fourth-order valence-electron chi connectivity index (χ4n) is 1.87. The Bertz CT molecular complexity index is 662. The zero-order valence-corrected chi connectivity index (χ0v) is 14.4. The number of ether oxygens (including phenoxy) is 2. The van der Waals surface area contributed by atoms with E-state index < -0.39 is 34.4 Å². The molecule has 0 aliphatic carbocycles. The van der Waals surface area contributed by atoms with Crippen LogP contribution in [-0.2, 0) is 30.3 Å². The fraction of sp³-hybridized carbons (Fsp3) is 0.438. The van der Waals surface area contributed by atoms with E-state index in [-0.39, 0.29) is 12.1 Å². The average Bonchev–Trinajstić information content (AvgIpc) is 2.52. The highest BCUT2D eigenvalue weighted by atomic mass is 16.6. The van der Waals surface area contributed by atoms with Gasteiger partial charge in [-0.2, -0.15) is 0 Å². The molecule has 0 aliphatic heterocycles. The first-order valence-corrected chi connectivity index (χ1v) is 7.38. The van der Waals surface area contributed by atoms with E-state index in [1.807, 2.05) is 0 Å². The van der Waals surface area contributed by atoms with E-state index >= 15 is 0 Å². The Morgan fingerprint density at radius 2 is 1.76 bits per heavy atom. The van der Waals surface area contributed by atoms with Crippen molar-refractivity contribution < 1.29 is 28.8 Å². The Balaban J connectivity index is 2.96. The number of rotatable bonds is 5. The minimum absolute atomic E-state index is 0.00432. The van der Waals surface area contributed by atoms with Crippen molar-refractivity contribution in [3.63, 3.8) is 0 Å². The van der Waals surface area contributed by atoms with E-state index in [9.17, 15) is 24.5 Å². The van der Waals surface area contributed by atoms with Crippen LogP contribution < -0.4 is 5.32 Å². The van der Waals surface area contributed by atoms with Gasteiger partial charge in [-0.05, 0) is 26.3 Å². The van der Waals surface area contributed by atoms with Crippen molar-refractivity contribution in [1.82, 2.24) is 5.32 Å².